The van der Waals surface area contributed by atoms with Crippen LogP contribution in [0, 0.1) is 6.92 Å². The van der Waals surface area contributed by atoms with Gasteiger partial charge in [0.1, 0.15) is 11.4 Å². The molecule has 3 heterocycles. The molecule has 1 unspecified atom stereocenters. The molecule has 0 aromatic carbocycles. The van der Waals surface area contributed by atoms with Gasteiger partial charge in [0.05, 0.1) is 18.5 Å². The molecule has 17 heavy (non-hydrogen) atoms. The Bertz CT molecular complexity index is 588. The van der Waals surface area contributed by atoms with Gasteiger partial charge in [0, 0.05) is 12.6 Å². The highest BCUT2D eigenvalue weighted by molar-refractivity contribution is 6.00. The number of hydrogen-bond acceptors (Lipinski definition) is 4. The predicted octanol–water partition coefficient (Wildman–Crippen LogP) is 1.13. The van der Waals surface area contributed by atoms with Gasteiger partial charge < -0.3 is 9.94 Å². The van der Waals surface area contributed by atoms with Crippen LogP contribution in [-0.2, 0) is 4.84 Å². The molecule has 1 aliphatic heterocycles. The molecule has 2 aromatic heterocycles. The molecule has 2 aromatic rings. The quantitative estimate of drug-likeness (QED) is 0.842. The molecule has 1 N–H and O–H groups in total. The summed E-state index contributed by atoms with van der Waals surface area (Å²) in [6, 6.07) is 4.04. The van der Waals surface area contributed by atoms with E-state index in [-0.39, 0.29) is 12.7 Å². The van der Waals surface area contributed by atoms with Crippen LogP contribution >= 0.6 is 0 Å². The van der Waals surface area contributed by atoms with Gasteiger partial charge in [0.25, 0.3) is 0 Å². The van der Waals surface area contributed by atoms with Gasteiger partial charge >= 0.3 is 0 Å². The van der Waals surface area contributed by atoms with E-state index < -0.39 is 0 Å². The number of hydrogen-bond donors (Lipinski definition) is 1. The highest BCUT2D eigenvalue weighted by Crippen LogP contribution is 2.18. The number of fused-ring (bicyclic) bond motifs is 1. The first-order valence-electron chi connectivity index (χ1n) is 5.55. The third-order valence-corrected chi connectivity index (χ3v) is 2.90. The number of aryl methyl sites for hydroxylation is 1. The van der Waals surface area contributed by atoms with Crippen LogP contribution in [0.2, 0.25) is 0 Å². The summed E-state index contributed by atoms with van der Waals surface area (Å²) >= 11 is 0. The van der Waals surface area contributed by atoms with Crippen molar-refractivity contribution in [2.75, 3.05) is 6.61 Å². The summed E-state index contributed by atoms with van der Waals surface area (Å²) in [6.07, 6.45) is 4.16. The minimum atomic E-state index is -0.221. The maximum Gasteiger partial charge on any atom is 0.156 e. The van der Waals surface area contributed by atoms with Crippen molar-refractivity contribution >= 4 is 11.4 Å². The lowest BCUT2D eigenvalue weighted by atomic mass is 10.1. The number of aliphatic hydroxyl groups excluding tert-OH is 1. The predicted molar refractivity (Wildman–Crippen MR) is 63.0 cm³/mol. The lowest BCUT2D eigenvalue weighted by Gasteiger charge is -2.02. The number of aliphatic hydroxyl groups is 1. The van der Waals surface area contributed by atoms with Gasteiger partial charge in [-0.05, 0) is 24.6 Å². The molecule has 0 bridgehead atoms. The zero-order chi connectivity index (χ0) is 11.8. The second-order valence-corrected chi connectivity index (χ2v) is 4.23. The molecule has 5 nitrogen and oxygen atoms in total. The topological polar surface area (TPSA) is 59.1 Å². The zero-order valence-electron chi connectivity index (χ0n) is 9.50. The van der Waals surface area contributed by atoms with Gasteiger partial charge in [-0.3, -0.25) is 4.40 Å². The summed E-state index contributed by atoms with van der Waals surface area (Å²) < 4.78 is 1.98. The summed E-state index contributed by atoms with van der Waals surface area (Å²) in [5.74, 6) is 0. The largest absolute Gasteiger partial charge is 0.392 e. The van der Waals surface area contributed by atoms with E-state index in [2.05, 4.69) is 10.1 Å². The maximum atomic E-state index is 9.01. The Morgan fingerprint density at radius 2 is 2.47 bits per heavy atom. The van der Waals surface area contributed by atoms with Crippen LogP contribution in [0.15, 0.2) is 29.7 Å². The van der Waals surface area contributed by atoms with E-state index in [1.54, 1.807) is 6.20 Å². The second kappa shape index (κ2) is 3.85. The van der Waals surface area contributed by atoms with Gasteiger partial charge in [0.15, 0.2) is 6.10 Å². The molecule has 1 aliphatic rings. The molecule has 0 spiro atoms. The van der Waals surface area contributed by atoms with Gasteiger partial charge in [0.2, 0.25) is 0 Å². The first kappa shape index (κ1) is 10.3. The Hall–Kier alpha value is -1.88. The molecule has 0 saturated heterocycles. The molecule has 0 aliphatic carbocycles. The van der Waals surface area contributed by atoms with Crippen LogP contribution in [0.1, 0.15) is 17.7 Å². The van der Waals surface area contributed by atoms with E-state index in [9.17, 15) is 0 Å². The van der Waals surface area contributed by atoms with Crippen molar-refractivity contribution in [2.24, 2.45) is 5.16 Å². The van der Waals surface area contributed by atoms with Gasteiger partial charge in [-0.25, -0.2) is 4.98 Å². The Labute approximate surface area is 98.3 Å². The Kier molecular flexibility index (Phi) is 2.33. The van der Waals surface area contributed by atoms with Gasteiger partial charge in [-0.1, -0.05) is 5.16 Å². The van der Waals surface area contributed by atoms with Crippen molar-refractivity contribution in [1.29, 1.82) is 0 Å². The summed E-state index contributed by atoms with van der Waals surface area (Å²) in [5, 5.41) is 13.0. The highest BCUT2D eigenvalue weighted by atomic mass is 16.6. The van der Waals surface area contributed by atoms with E-state index in [0.717, 1.165) is 17.1 Å². The Balaban J connectivity index is 2.02. The van der Waals surface area contributed by atoms with Crippen molar-refractivity contribution in [2.45, 2.75) is 19.4 Å². The first-order chi connectivity index (χ1) is 8.28. The maximum absolute atomic E-state index is 9.01. The average molecular weight is 231 g/mol. The lowest BCUT2D eigenvalue weighted by Crippen LogP contribution is -2.13. The number of pyridine rings is 1. The van der Waals surface area contributed by atoms with E-state index in [4.69, 9.17) is 9.94 Å². The van der Waals surface area contributed by atoms with E-state index in [1.807, 2.05) is 29.7 Å². The average Bonchev–Trinajstić information content (AvgIpc) is 2.93. The number of oxime groups is 1. The van der Waals surface area contributed by atoms with Crippen molar-refractivity contribution in [3.63, 3.8) is 0 Å². The third-order valence-electron chi connectivity index (χ3n) is 2.90. The van der Waals surface area contributed by atoms with Crippen LogP contribution in [0.4, 0.5) is 0 Å². The fourth-order valence-corrected chi connectivity index (χ4v) is 1.97. The van der Waals surface area contributed by atoms with Crippen molar-refractivity contribution in [1.82, 2.24) is 9.38 Å². The minimum absolute atomic E-state index is 0.0111. The van der Waals surface area contributed by atoms with Crippen LogP contribution in [0.25, 0.3) is 5.65 Å². The summed E-state index contributed by atoms with van der Waals surface area (Å²) in [7, 11) is 0. The van der Waals surface area contributed by atoms with Crippen LogP contribution in [0.3, 0.4) is 0 Å². The van der Waals surface area contributed by atoms with Crippen LogP contribution < -0.4 is 0 Å². The molecule has 3 rings (SSSR count). The first-order valence-corrected chi connectivity index (χ1v) is 5.55. The summed E-state index contributed by atoms with van der Waals surface area (Å²) in [6.45, 7) is 2.02. The molecule has 0 saturated carbocycles. The number of imidazole rings is 1. The lowest BCUT2D eigenvalue weighted by molar-refractivity contribution is 0.0390. The minimum Gasteiger partial charge on any atom is -0.392 e. The van der Waals surface area contributed by atoms with Crippen molar-refractivity contribution < 1.29 is 9.94 Å². The number of nitrogens with zero attached hydrogens (tertiary/aromatic N) is 3. The molecule has 5 heteroatoms. The Morgan fingerprint density at radius 3 is 3.24 bits per heavy atom. The standard InChI is InChI=1S/C12H13N3O2/c1-8-2-3-15-11(6-13-12(15)4-8)10-5-9(7-16)17-14-10/h2-4,6,9,16H,5,7H2,1H3. The summed E-state index contributed by atoms with van der Waals surface area (Å²) in [5.41, 5.74) is 3.83. The van der Waals surface area contributed by atoms with Gasteiger partial charge in [-0.2, -0.15) is 0 Å². The van der Waals surface area contributed by atoms with E-state index in [1.165, 1.54) is 5.56 Å². The SMILES string of the molecule is Cc1ccn2c(C3=NOC(CO)C3)cnc2c1. The van der Waals surface area contributed by atoms with Crippen LogP contribution in [-0.4, -0.2) is 32.9 Å². The molecule has 0 radical (unpaired) electrons. The second-order valence-electron chi connectivity index (χ2n) is 4.23. The third kappa shape index (κ3) is 1.68. The van der Waals surface area contributed by atoms with Crippen molar-refractivity contribution in [3.8, 4) is 0 Å². The molecule has 0 amide bonds. The fraction of sp³-hybridized carbons (Fsp3) is 0.333. The van der Waals surface area contributed by atoms with Crippen molar-refractivity contribution in [3.05, 3.63) is 35.8 Å². The molecule has 1 atom stereocenters. The monoisotopic (exact) mass is 231 g/mol. The number of rotatable bonds is 2. The molecular formula is C12H13N3O2. The highest BCUT2D eigenvalue weighted by Gasteiger charge is 2.23. The number of aromatic nitrogens is 2. The zero-order valence-corrected chi connectivity index (χ0v) is 9.50. The molecule has 88 valence electrons. The normalized spacial score (nSPS) is 19.4. The Morgan fingerprint density at radius 1 is 1.59 bits per heavy atom. The fourth-order valence-electron chi connectivity index (χ4n) is 1.97. The summed E-state index contributed by atoms with van der Waals surface area (Å²) in [4.78, 5) is 9.45. The smallest absolute Gasteiger partial charge is 0.156 e. The van der Waals surface area contributed by atoms with Gasteiger partial charge in [-0.15, -0.1) is 0 Å². The van der Waals surface area contributed by atoms with Crippen LogP contribution in [0.5, 0.6) is 0 Å². The van der Waals surface area contributed by atoms with E-state index in [0.29, 0.717) is 6.42 Å². The molecular weight excluding hydrogens is 218 g/mol. The van der Waals surface area contributed by atoms with E-state index >= 15 is 0 Å². The molecule has 0 fully saturated rings.